The van der Waals surface area contributed by atoms with Crippen LogP contribution in [0.5, 0.6) is 0 Å². The van der Waals surface area contributed by atoms with E-state index in [4.69, 9.17) is 4.99 Å². The summed E-state index contributed by atoms with van der Waals surface area (Å²) in [5.41, 5.74) is 4.56. The SMILES string of the molecule is C(=Nc1cccc2ccc(-c3cccc4ccccc34)cc12)c1ccccc1. The minimum atomic E-state index is 0.989. The molecule has 0 bridgehead atoms. The number of benzene rings is 5. The third-order valence-electron chi connectivity index (χ3n) is 5.11. The molecule has 0 atom stereocenters. The van der Waals surface area contributed by atoms with Gasteiger partial charge in [0.1, 0.15) is 0 Å². The van der Waals surface area contributed by atoms with Gasteiger partial charge < -0.3 is 0 Å². The molecule has 0 N–H and O–H groups in total. The summed E-state index contributed by atoms with van der Waals surface area (Å²) in [4.78, 5) is 4.78. The van der Waals surface area contributed by atoms with Crippen molar-refractivity contribution in [3.8, 4) is 11.1 Å². The molecule has 0 aliphatic rings. The minimum Gasteiger partial charge on any atom is -0.256 e. The van der Waals surface area contributed by atoms with Gasteiger partial charge in [-0.2, -0.15) is 0 Å². The molecule has 0 spiro atoms. The van der Waals surface area contributed by atoms with Crippen molar-refractivity contribution in [3.63, 3.8) is 0 Å². The first-order valence-electron chi connectivity index (χ1n) is 9.48. The molecule has 0 heterocycles. The summed E-state index contributed by atoms with van der Waals surface area (Å²) < 4.78 is 0. The number of aliphatic imine (C=N–C) groups is 1. The van der Waals surface area contributed by atoms with Gasteiger partial charge >= 0.3 is 0 Å². The molecule has 5 aromatic rings. The zero-order valence-electron chi connectivity index (χ0n) is 15.4. The van der Waals surface area contributed by atoms with Gasteiger partial charge in [0.25, 0.3) is 0 Å². The molecule has 1 nitrogen and oxygen atoms in total. The summed E-state index contributed by atoms with van der Waals surface area (Å²) in [5, 5.41) is 4.90. The molecule has 0 aromatic heterocycles. The predicted molar refractivity (Wildman–Crippen MR) is 121 cm³/mol. The van der Waals surface area contributed by atoms with Crippen LogP contribution in [0.4, 0.5) is 5.69 Å². The molecular formula is C27H19N. The Morgan fingerprint density at radius 1 is 0.536 bits per heavy atom. The first kappa shape index (κ1) is 16.5. The van der Waals surface area contributed by atoms with E-state index in [1.807, 2.05) is 24.4 Å². The highest BCUT2D eigenvalue weighted by Crippen LogP contribution is 2.34. The van der Waals surface area contributed by atoms with Crippen LogP contribution in [-0.4, -0.2) is 6.21 Å². The lowest BCUT2D eigenvalue weighted by Crippen LogP contribution is -1.83. The fraction of sp³-hybridized carbons (Fsp3) is 0. The third-order valence-corrected chi connectivity index (χ3v) is 5.11. The van der Waals surface area contributed by atoms with Crippen LogP contribution in [0, 0.1) is 0 Å². The Bertz CT molecular complexity index is 1290. The van der Waals surface area contributed by atoms with E-state index in [-0.39, 0.29) is 0 Å². The van der Waals surface area contributed by atoms with E-state index in [1.165, 1.54) is 32.7 Å². The maximum atomic E-state index is 4.78. The second kappa shape index (κ2) is 7.13. The molecule has 1 heteroatoms. The number of hydrogen-bond donors (Lipinski definition) is 0. The number of hydrogen-bond acceptors (Lipinski definition) is 1. The molecule has 5 rings (SSSR count). The molecule has 0 unspecified atom stereocenters. The fourth-order valence-corrected chi connectivity index (χ4v) is 3.70. The van der Waals surface area contributed by atoms with Crippen LogP contribution in [0.2, 0.25) is 0 Å². The molecule has 132 valence electrons. The first-order valence-corrected chi connectivity index (χ1v) is 9.48. The van der Waals surface area contributed by atoms with Crippen molar-refractivity contribution in [2.24, 2.45) is 4.99 Å². The van der Waals surface area contributed by atoms with Gasteiger partial charge in [0.2, 0.25) is 0 Å². The standard InChI is InChI=1S/C27H19N/c1-2-8-20(9-3-1)19-28-27-15-7-12-22-16-17-23(18-26(22)27)25-14-6-11-21-10-4-5-13-24(21)25/h1-19H. The summed E-state index contributed by atoms with van der Waals surface area (Å²) in [6, 6.07) is 38.2. The summed E-state index contributed by atoms with van der Waals surface area (Å²) in [6.45, 7) is 0. The Morgan fingerprint density at radius 3 is 2.14 bits per heavy atom. The number of nitrogens with zero attached hydrogens (tertiary/aromatic N) is 1. The number of rotatable bonds is 3. The maximum Gasteiger partial charge on any atom is 0.0708 e. The second-order valence-corrected chi connectivity index (χ2v) is 6.91. The molecular weight excluding hydrogens is 338 g/mol. The Balaban J connectivity index is 1.65. The van der Waals surface area contributed by atoms with Crippen LogP contribution < -0.4 is 0 Å². The van der Waals surface area contributed by atoms with E-state index in [2.05, 4.69) is 91.0 Å². The van der Waals surface area contributed by atoms with Crippen LogP contribution in [0.15, 0.2) is 114 Å². The Morgan fingerprint density at radius 2 is 1.25 bits per heavy atom. The van der Waals surface area contributed by atoms with Crippen molar-refractivity contribution in [2.45, 2.75) is 0 Å². The van der Waals surface area contributed by atoms with Crippen molar-refractivity contribution in [3.05, 3.63) is 115 Å². The zero-order chi connectivity index (χ0) is 18.8. The Hall–Kier alpha value is -3.71. The lowest BCUT2D eigenvalue weighted by molar-refractivity contribution is 1.56. The zero-order valence-corrected chi connectivity index (χ0v) is 15.4. The van der Waals surface area contributed by atoms with Gasteiger partial charge in [-0.1, -0.05) is 97.1 Å². The average Bonchev–Trinajstić information content (AvgIpc) is 2.77. The van der Waals surface area contributed by atoms with Gasteiger partial charge in [0.05, 0.1) is 5.69 Å². The van der Waals surface area contributed by atoms with Crippen molar-refractivity contribution in [1.29, 1.82) is 0 Å². The van der Waals surface area contributed by atoms with E-state index in [9.17, 15) is 0 Å². The molecule has 0 aliphatic heterocycles. The highest BCUT2D eigenvalue weighted by Gasteiger charge is 2.06. The highest BCUT2D eigenvalue weighted by molar-refractivity contribution is 6.02. The average molecular weight is 357 g/mol. The van der Waals surface area contributed by atoms with Crippen LogP contribution >= 0.6 is 0 Å². The van der Waals surface area contributed by atoms with Crippen molar-refractivity contribution in [2.75, 3.05) is 0 Å². The van der Waals surface area contributed by atoms with Gasteiger partial charge in [-0.05, 0) is 45.0 Å². The van der Waals surface area contributed by atoms with E-state index in [0.29, 0.717) is 0 Å². The first-order chi connectivity index (χ1) is 13.9. The summed E-state index contributed by atoms with van der Waals surface area (Å²) in [5.74, 6) is 0. The lowest BCUT2D eigenvalue weighted by Gasteiger charge is -2.09. The van der Waals surface area contributed by atoms with Gasteiger partial charge in [-0.25, -0.2) is 0 Å². The lowest BCUT2D eigenvalue weighted by atomic mass is 9.96. The van der Waals surface area contributed by atoms with Crippen LogP contribution in [0.25, 0.3) is 32.7 Å². The smallest absolute Gasteiger partial charge is 0.0708 e. The third kappa shape index (κ3) is 3.08. The van der Waals surface area contributed by atoms with Crippen molar-refractivity contribution in [1.82, 2.24) is 0 Å². The summed E-state index contributed by atoms with van der Waals surface area (Å²) >= 11 is 0. The Labute approximate surface area is 164 Å². The predicted octanol–water partition coefficient (Wildman–Crippen LogP) is 7.41. The van der Waals surface area contributed by atoms with Crippen molar-refractivity contribution < 1.29 is 0 Å². The van der Waals surface area contributed by atoms with Crippen LogP contribution in [0.3, 0.4) is 0 Å². The molecule has 5 aromatic carbocycles. The molecule has 0 radical (unpaired) electrons. The summed E-state index contributed by atoms with van der Waals surface area (Å²) in [6.07, 6.45) is 1.93. The normalized spacial score (nSPS) is 11.4. The van der Waals surface area contributed by atoms with E-state index in [1.54, 1.807) is 0 Å². The van der Waals surface area contributed by atoms with E-state index in [0.717, 1.165) is 11.3 Å². The van der Waals surface area contributed by atoms with Crippen LogP contribution in [0.1, 0.15) is 5.56 Å². The van der Waals surface area contributed by atoms with Crippen molar-refractivity contribution >= 4 is 33.4 Å². The molecule has 28 heavy (non-hydrogen) atoms. The molecule has 0 aliphatic carbocycles. The monoisotopic (exact) mass is 357 g/mol. The van der Waals surface area contributed by atoms with Gasteiger partial charge in [-0.15, -0.1) is 0 Å². The molecule has 0 saturated carbocycles. The topological polar surface area (TPSA) is 12.4 Å². The molecule has 0 saturated heterocycles. The van der Waals surface area contributed by atoms with Gasteiger partial charge in [0, 0.05) is 11.6 Å². The molecule has 0 amide bonds. The van der Waals surface area contributed by atoms with Gasteiger partial charge in [0.15, 0.2) is 0 Å². The highest BCUT2D eigenvalue weighted by atomic mass is 14.7. The fourth-order valence-electron chi connectivity index (χ4n) is 3.70. The summed E-state index contributed by atoms with van der Waals surface area (Å²) in [7, 11) is 0. The van der Waals surface area contributed by atoms with E-state index < -0.39 is 0 Å². The number of fused-ring (bicyclic) bond motifs is 2. The largest absolute Gasteiger partial charge is 0.256 e. The Kier molecular flexibility index (Phi) is 4.19. The molecule has 0 fully saturated rings. The van der Waals surface area contributed by atoms with Crippen LogP contribution in [-0.2, 0) is 0 Å². The maximum absolute atomic E-state index is 4.78. The van der Waals surface area contributed by atoms with E-state index >= 15 is 0 Å². The second-order valence-electron chi connectivity index (χ2n) is 6.91. The van der Waals surface area contributed by atoms with Gasteiger partial charge in [-0.3, -0.25) is 4.99 Å². The minimum absolute atomic E-state index is 0.989. The quantitative estimate of drug-likeness (QED) is 0.298.